The summed E-state index contributed by atoms with van der Waals surface area (Å²) in [4.78, 5) is 4.16. The van der Waals surface area contributed by atoms with Gasteiger partial charge in [0.05, 0.1) is 4.47 Å². The number of halogens is 1. The molecular formula is C12H10BrNO2. The minimum Gasteiger partial charge on any atom is -0.508 e. The molecule has 16 heavy (non-hydrogen) atoms. The Labute approximate surface area is 102 Å². The highest BCUT2D eigenvalue weighted by molar-refractivity contribution is 9.10. The number of aromatic nitrogens is 1. The molecule has 0 aliphatic rings. The average molecular weight is 280 g/mol. The third-order valence-corrected chi connectivity index (χ3v) is 2.56. The molecule has 1 heterocycles. The van der Waals surface area contributed by atoms with Gasteiger partial charge in [0.25, 0.3) is 0 Å². The van der Waals surface area contributed by atoms with Crippen LogP contribution in [-0.4, -0.2) is 10.1 Å². The van der Waals surface area contributed by atoms with Crippen LogP contribution in [0.15, 0.2) is 41.0 Å². The number of phenolic OH excluding ortho intramolecular Hbond substituents is 1. The van der Waals surface area contributed by atoms with Gasteiger partial charge in [0, 0.05) is 6.20 Å². The molecule has 0 unspecified atom stereocenters. The zero-order valence-electron chi connectivity index (χ0n) is 8.64. The average Bonchev–Trinajstić information content (AvgIpc) is 2.25. The van der Waals surface area contributed by atoms with E-state index in [0.717, 1.165) is 10.0 Å². The quantitative estimate of drug-likeness (QED) is 0.913. The lowest BCUT2D eigenvalue weighted by molar-refractivity contribution is 0.451. The first kappa shape index (κ1) is 11.0. The van der Waals surface area contributed by atoms with Crippen molar-refractivity contribution in [2.75, 3.05) is 0 Å². The molecule has 1 N–H and O–H groups in total. The summed E-state index contributed by atoms with van der Waals surface area (Å²) in [6.45, 7) is 1.96. The van der Waals surface area contributed by atoms with Crippen molar-refractivity contribution in [1.82, 2.24) is 4.98 Å². The van der Waals surface area contributed by atoms with Crippen molar-refractivity contribution in [2.45, 2.75) is 6.92 Å². The Bertz CT molecular complexity index is 497. The maximum Gasteiger partial charge on any atom is 0.233 e. The molecule has 3 nitrogen and oxygen atoms in total. The van der Waals surface area contributed by atoms with Crippen molar-refractivity contribution in [1.29, 1.82) is 0 Å². The van der Waals surface area contributed by atoms with Crippen molar-refractivity contribution in [3.05, 3.63) is 46.6 Å². The van der Waals surface area contributed by atoms with Crippen LogP contribution in [0, 0.1) is 6.92 Å². The molecule has 1 aromatic heterocycles. The topological polar surface area (TPSA) is 42.4 Å². The van der Waals surface area contributed by atoms with Gasteiger partial charge in [-0.3, -0.25) is 0 Å². The standard InChI is InChI=1S/C12H10BrNO2/c1-8-6-11(13)12(14-7-8)16-10-4-2-9(15)3-5-10/h2-7,15H,1H3. The zero-order valence-corrected chi connectivity index (χ0v) is 10.2. The molecule has 0 aliphatic carbocycles. The van der Waals surface area contributed by atoms with Crippen molar-refractivity contribution < 1.29 is 9.84 Å². The normalized spacial score (nSPS) is 10.1. The number of hydrogen-bond donors (Lipinski definition) is 1. The van der Waals surface area contributed by atoms with Crippen molar-refractivity contribution in [2.24, 2.45) is 0 Å². The number of pyridine rings is 1. The van der Waals surface area contributed by atoms with Gasteiger partial charge in [0.2, 0.25) is 5.88 Å². The third-order valence-electron chi connectivity index (χ3n) is 2.00. The summed E-state index contributed by atoms with van der Waals surface area (Å²) in [5, 5.41) is 9.13. The Morgan fingerprint density at radius 2 is 1.94 bits per heavy atom. The van der Waals surface area contributed by atoms with E-state index in [-0.39, 0.29) is 5.75 Å². The molecule has 0 bridgehead atoms. The van der Waals surface area contributed by atoms with Crippen molar-refractivity contribution in [3.63, 3.8) is 0 Å². The van der Waals surface area contributed by atoms with E-state index < -0.39 is 0 Å². The maximum atomic E-state index is 9.13. The summed E-state index contributed by atoms with van der Waals surface area (Å²) in [5.41, 5.74) is 1.06. The van der Waals surface area contributed by atoms with E-state index in [0.29, 0.717) is 11.6 Å². The van der Waals surface area contributed by atoms with Crippen LogP contribution < -0.4 is 4.74 Å². The van der Waals surface area contributed by atoms with Gasteiger partial charge in [-0.05, 0) is 58.7 Å². The summed E-state index contributed by atoms with van der Waals surface area (Å²) < 4.78 is 6.36. The first-order valence-electron chi connectivity index (χ1n) is 4.74. The molecular weight excluding hydrogens is 270 g/mol. The molecule has 0 amide bonds. The van der Waals surface area contributed by atoms with Gasteiger partial charge >= 0.3 is 0 Å². The Kier molecular flexibility index (Phi) is 3.10. The molecule has 82 valence electrons. The molecule has 2 rings (SSSR count). The Morgan fingerprint density at radius 3 is 2.56 bits per heavy atom. The van der Waals surface area contributed by atoms with Crippen LogP contribution in [0.25, 0.3) is 0 Å². The highest BCUT2D eigenvalue weighted by atomic mass is 79.9. The number of hydrogen-bond acceptors (Lipinski definition) is 3. The molecule has 0 saturated heterocycles. The van der Waals surface area contributed by atoms with Gasteiger partial charge in [-0.15, -0.1) is 0 Å². The summed E-state index contributed by atoms with van der Waals surface area (Å²) in [7, 11) is 0. The second kappa shape index (κ2) is 4.53. The molecule has 1 aromatic carbocycles. The van der Waals surface area contributed by atoms with E-state index in [4.69, 9.17) is 9.84 Å². The van der Waals surface area contributed by atoms with Crippen molar-refractivity contribution >= 4 is 15.9 Å². The van der Waals surface area contributed by atoms with Gasteiger partial charge in [0.1, 0.15) is 11.5 Å². The predicted molar refractivity (Wildman–Crippen MR) is 64.9 cm³/mol. The first-order chi connectivity index (χ1) is 7.65. The lowest BCUT2D eigenvalue weighted by Gasteiger charge is -2.06. The van der Waals surface area contributed by atoms with Crippen molar-refractivity contribution in [3.8, 4) is 17.4 Å². The van der Waals surface area contributed by atoms with Gasteiger partial charge in [-0.2, -0.15) is 0 Å². The highest BCUT2D eigenvalue weighted by Gasteiger charge is 2.04. The summed E-state index contributed by atoms with van der Waals surface area (Å²) in [6, 6.07) is 8.43. The number of benzene rings is 1. The molecule has 0 saturated carbocycles. The molecule has 0 radical (unpaired) electrons. The van der Waals surface area contributed by atoms with Crippen LogP contribution in [-0.2, 0) is 0 Å². The molecule has 0 spiro atoms. The number of phenols is 1. The predicted octanol–water partition coefficient (Wildman–Crippen LogP) is 3.65. The van der Waals surface area contributed by atoms with E-state index in [2.05, 4.69) is 20.9 Å². The summed E-state index contributed by atoms with van der Waals surface area (Å²) in [6.07, 6.45) is 1.74. The van der Waals surface area contributed by atoms with Gasteiger partial charge in [-0.25, -0.2) is 4.98 Å². The minimum atomic E-state index is 0.211. The Balaban J connectivity index is 2.23. The second-order valence-electron chi connectivity index (χ2n) is 3.40. The fraction of sp³-hybridized carbons (Fsp3) is 0.0833. The number of ether oxygens (including phenoxy) is 1. The lowest BCUT2D eigenvalue weighted by Crippen LogP contribution is -1.89. The van der Waals surface area contributed by atoms with E-state index in [9.17, 15) is 0 Å². The molecule has 0 aliphatic heterocycles. The number of aryl methyl sites for hydroxylation is 1. The van der Waals surface area contributed by atoms with Gasteiger partial charge in [0.15, 0.2) is 0 Å². The summed E-state index contributed by atoms with van der Waals surface area (Å²) >= 11 is 3.38. The van der Waals surface area contributed by atoms with Crippen LogP contribution in [0.2, 0.25) is 0 Å². The van der Waals surface area contributed by atoms with E-state index >= 15 is 0 Å². The Hall–Kier alpha value is -1.55. The van der Waals surface area contributed by atoms with Crippen LogP contribution in [0.3, 0.4) is 0 Å². The lowest BCUT2D eigenvalue weighted by atomic mass is 10.3. The zero-order chi connectivity index (χ0) is 11.5. The van der Waals surface area contributed by atoms with E-state index in [1.165, 1.54) is 0 Å². The molecule has 0 fully saturated rings. The number of nitrogens with zero attached hydrogens (tertiary/aromatic N) is 1. The third kappa shape index (κ3) is 2.52. The smallest absolute Gasteiger partial charge is 0.233 e. The fourth-order valence-electron chi connectivity index (χ4n) is 1.22. The largest absolute Gasteiger partial charge is 0.508 e. The van der Waals surface area contributed by atoms with E-state index in [1.807, 2.05) is 13.0 Å². The number of aromatic hydroxyl groups is 1. The molecule has 2 aromatic rings. The van der Waals surface area contributed by atoms with Crippen LogP contribution in [0.5, 0.6) is 17.4 Å². The SMILES string of the molecule is Cc1cnc(Oc2ccc(O)cc2)c(Br)c1. The molecule has 0 atom stereocenters. The van der Waals surface area contributed by atoms with Crippen LogP contribution >= 0.6 is 15.9 Å². The minimum absolute atomic E-state index is 0.211. The maximum absolute atomic E-state index is 9.13. The summed E-state index contributed by atoms with van der Waals surface area (Å²) in [5.74, 6) is 1.36. The van der Waals surface area contributed by atoms with Crippen LogP contribution in [0.1, 0.15) is 5.56 Å². The molecule has 4 heteroatoms. The van der Waals surface area contributed by atoms with E-state index in [1.54, 1.807) is 30.5 Å². The van der Waals surface area contributed by atoms with Gasteiger partial charge in [-0.1, -0.05) is 0 Å². The first-order valence-corrected chi connectivity index (χ1v) is 5.53. The highest BCUT2D eigenvalue weighted by Crippen LogP contribution is 2.28. The van der Waals surface area contributed by atoms with Crippen LogP contribution in [0.4, 0.5) is 0 Å². The number of rotatable bonds is 2. The second-order valence-corrected chi connectivity index (χ2v) is 4.25. The Morgan fingerprint density at radius 1 is 1.25 bits per heavy atom. The fourth-order valence-corrected chi connectivity index (χ4v) is 1.77. The van der Waals surface area contributed by atoms with Gasteiger partial charge < -0.3 is 9.84 Å². The monoisotopic (exact) mass is 279 g/mol.